The van der Waals surface area contributed by atoms with E-state index in [2.05, 4.69) is 29.8 Å². The van der Waals surface area contributed by atoms with E-state index < -0.39 is 0 Å². The Kier molecular flexibility index (Phi) is 3.61. The number of aromatic nitrogens is 1. The molecular formula is C16H21N3OS. The molecule has 1 saturated heterocycles. The Labute approximate surface area is 130 Å². The summed E-state index contributed by atoms with van der Waals surface area (Å²) in [5.74, 6) is -0.0642. The number of nitrogens with zero attached hydrogens (tertiary/aromatic N) is 2. The molecule has 2 fully saturated rings. The summed E-state index contributed by atoms with van der Waals surface area (Å²) < 4.78 is 2.43. The third-order valence-corrected chi connectivity index (χ3v) is 4.97. The molecule has 2 aliphatic rings. The highest BCUT2D eigenvalue weighted by molar-refractivity contribution is 7.80. The topological polar surface area (TPSA) is 37.3 Å². The number of carbonyl (C=O) groups excluding carboxylic acids is 1. The molecule has 4 nitrogen and oxygen atoms in total. The second kappa shape index (κ2) is 5.30. The third-order valence-electron chi connectivity index (χ3n) is 4.59. The standard InChI is InChI=1S/C16H21N3OS/c1-10-8-12(9-14-15(20)18(3)16(21)17-14)11(2)19(10)13-6-4-5-7-13/h8-9,13H,4-7H2,1-3H3,(H,17,21)/b14-9-. The van der Waals surface area contributed by atoms with Crippen molar-refractivity contribution in [2.45, 2.75) is 45.6 Å². The van der Waals surface area contributed by atoms with E-state index in [1.54, 1.807) is 7.05 Å². The SMILES string of the molecule is Cc1cc(/C=C2\NC(=S)N(C)C2=O)c(C)n1C1CCCC1. The first kappa shape index (κ1) is 14.3. The van der Waals surface area contributed by atoms with Gasteiger partial charge in [0.1, 0.15) is 5.70 Å². The summed E-state index contributed by atoms with van der Waals surface area (Å²) in [5.41, 5.74) is 4.18. The van der Waals surface area contributed by atoms with Crippen molar-refractivity contribution in [1.82, 2.24) is 14.8 Å². The monoisotopic (exact) mass is 303 g/mol. The van der Waals surface area contributed by atoms with E-state index in [0.717, 1.165) is 5.56 Å². The number of rotatable bonds is 2. The molecule has 1 aromatic rings. The summed E-state index contributed by atoms with van der Waals surface area (Å²) in [4.78, 5) is 13.5. The van der Waals surface area contributed by atoms with Crippen LogP contribution in [0.3, 0.4) is 0 Å². The van der Waals surface area contributed by atoms with Gasteiger partial charge in [0.25, 0.3) is 5.91 Å². The van der Waals surface area contributed by atoms with Gasteiger partial charge in [0.05, 0.1) is 0 Å². The fraction of sp³-hybridized carbons (Fsp3) is 0.500. The smallest absolute Gasteiger partial charge is 0.276 e. The van der Waals surface area contributed by atoms with E-state index in [0.29, 0.717) is 16.9 Å². The molecule has 1 amide bonds. The molecule has 5 heteroatoms. The summed E-state index contributed by atoms with van der Waals surface area (Å²) in [7, 11) is 1.69. The third kappa shape index (κ3) is 2.39. The van der Waals surface area contributed by atoms with Crippen molar-refractivity contribution in [3.05, 3.63) is 28.7 Å². The molecular weight excluding hydrogens is 282 g/mol. The molecule has 0 atom stereocenters. The molecule has 1 aliphatic heterocycles. The average Bonchev–Trinajstić information content (AvgIpc) is 3.10. The molecule has 112 valence electrons. The molecule has 1 aromatic heterocycles. The number of nitrogens with one attached hydrogen (secondary N) is 1. The second-order valence-electron chi connectivity index (χ2n) is 5.99. The zero-order valence-corrected chi connectivity index (χ0v) is 13.6. The van der Waals surface area contributed by atoms with Gasteiger partial charge in [-0.1, -0.05) is 12.8 Å². The summed E-state index contributed by atoms with van der Waals surface area (Å²) in [5, 5.41) is 3.46. The lowest BCUT2D eigenvalue weighted by Gasteiger charge is -2.17. The van der Waals surface area contributed by atoms with Crippen LogP contribution >= 0.6 is 12.2 Å². The maximum absolute atomic E-state index is 12.1. The summed E-state index contributed by atoms with van der Waals surface area (Å²) in [6, 6.07) is 2.78. The Bertz CT molecular complexity index is 638. The number of carbonyl (C=O) groups is 1. The second-order valence-corrected chi connectivity index (χ2v) is 6.37. The first-order chi connectivity index (χ1) is 9.99. The Morgan fingerprint density at radius 1 is 1.33 bits per heavy atom. The molecule has 0 unspecified atom stereocenters. The number of thiocarbonyl (C=S) groups is 1. The van der Waals surface area contributed by atoms with E-state index in [1.807, 2.05) is 6.08 Å². The van der Waals surface area contributed by atoms with Crippen molar-refractivity contribution < 1.29 is 4.79 Å². The molecule has 0 aromatic carbocycles. The quantitative estimate of drug-likeness (QED) is 0.674. The Balaban J connectivity index is 1.95. The van der Waals surface area contributed by atoms with E-state index >= 15 is 0 Å². The first-order valence-corrected chi connectivity index (χ1v) is 7.89. The van der Waals surface area contributed by atoms with Gasteiger partial charge in [-0.05, 0) is 56.6 Å². The van der Waals surface area contributed by atoms with Crippen LogP contribution in [0.25, 0.3) is 6.08 Å². The van der Waals surface area contributed by atoms with Crippen LogP contribution in [0.5, 0.6) is 0 Å². The lowest BCUT2D eigenvalue weighted by atomic mass is 10.2. The fourth-order valence-corrected chi connectivity index (χ4v) is 3.64. The zero-order valence-electron chi connectivity index (χ0n) is 12.8. The minimum atomic E-state index is -0.0642. The number of hydrogen-bond donors (Lipinski definition) is 1. The number of hydrogen-bond acceptors (Lipinski definition) is 2. The van der Waals surface area contributed by atoms with Gasteiger partial charge in [0.15, 0.2) is 5.11 Å². The molecule has 1 aliphatic carbocycles. The molecule has 0 radical (unpaired) electrons. The van der Waals surface area contributed by atoms with Crippen LogP contribution in [-0.4, -0.2) is 27.5 Å². The van der Waals surface area contributed by atoms with Gasteiger partial charge in [-0.2, -0.15) is 0 Å². The minimum absolute atomic E-state index is 0.0642. The van der Waals surface area contributed by atoms with Crippen LogP contribution < -0.4 is 5.32 Å². The normalized spacial score (nSPS) is 21.7. The number of amides is 1. The van der Waals surface area contributed by atoms with Crippen molar-refractivity contribution in [2.75, 3.05) is 7.05 Å². The van der Waals surface area contributed by atoms with E-state index in [9.17, 15) is 4.79 Å². The predicted molar refractivity (Wildman–Crippen MR) is 87.9 cm³/mol. The molecule has 1 N–H and O–H groups in total. The predicted octanol–water partition coefficient (Wildman–Crippen LogP) is 2.91. The van der Waals surface area contributed by atoms with Gasteiger partial charge in [0.2, 0.25) is 0 Å². The van der Waals surface area contributed by atoms with Gasteiger partial charge in [-0.25, -0.2) is 0 Å². The van der Waals surface area contributed by atoms with Crippen molar-refractivity contribution >= 4 is 29.3 Å². The molecule has 21 heavy (non-hydrogen) atoms. The van der Waals surface area contributed by atoms with Crippen LogP contribution in [-0.2, 0) is 4.79 Å². The van der Waals surface area contributed by atoms with Gasteiger partial charge >= 0.3 is 0 Å². The fourth-order valence-electron chi connectivity index (χ4n) is 3.45. The van der Waals surface area contributed by atoms with Crippen LogP contribution in [0.1, 0.15) is 48.7 Å². The highest BCUT2D eigenvalue weighted by Gasteiger charge is 2.28. The number of aryl methyl sites for hydroxylation is 1. The van der Waals surface area contributed by atoms with E-state index in [-0.39, 0.29) is 5.91 Å². The number of likely N-dealkylation sites (N-methyl/N-ethyl adjacent to an activating group) is 1. The van der Waals surface area contributed by atoms with Gasteiger partial charge in [-0.15, -0.1) is 0 Å². The lowest BCUT2D eigenvalue weighted by molar-refractivity contribution is -0.121. The summed E-state index contributed by atoms with van der Waals surface area (Å²) >= 11 is 5.11. The van der Waals surface area contributed by atoms with Crippen LogP contribution in [0.4, 0.5) is 0 Å². The van der Waals surface area contributed by atoms with Crippen molar-refractivity contribution in [2.24, 2.45) is 0 Å². The Hall–Kier alpha value is -1.62. The Morgan fingerprint density at radius 2 is 2.00 bits per heavy atom. The minimum Gasteiger partial charge on any atom is -0.346 e. The maximum Gasteiger partial charge on any atom is 0.276 e. The molecule has 2 heterocycles. The van der Waals surface area contributed by atoms with Crippen LogP contribution in [0, 0.1) is 13.8 Å². The maximum atomic E-state index is 12.1. The van der Waals surface area contributed by atoms with Crippen LogP contribution in [0.2, 0.25) is 0 Å². The van der Waals surface area contributed by atoms with E-state index in [1.165, 1.54) is 42.0 Å². The van der Waals surface area contributed by atoms with Crippen molar-refractivity contribution in [3.8, 4) is 0 Å². The van der Waals surface area contributed by atoms with Crippen molar-refractivity contribution in [1.29, 1.82) is 0 Å². The molecule has 1 saturated carbocycles. The van der Waals surface area contributed by atoms with Gasteiger partial charge in [0, 0.05) is 24.5 Å². The molecule has 0 spiro atoms. The van der Waals surface area contributed by atoms with Gasteiger partial charge in [-0.3, -0.25) is 9.69 Å². The highest BCUT2D eigenvalue weighted by Crippen LogP contribution is 2.33. The van der Waals surface area contributed by atoms with Gasteiger partial charge < -0.3 is 9.88 Å². The summed E-state index contributed by atoms with van der Waals surface area (Å²) in [6.45, 7) is 4.28. The average molecular weight is 303 g/mol. The summed E-state index contributed by atoms with van der Waals surface area (Å²) in [6.07, 6.45) is 7.08. The lowest BCUT2D eigenvalue weighted by Crippen LogP contribution is -2.25. The largest absolute Gasteiger partial charge is 0.346 e. The van der Waals surface area contributed by atoms with Crippen LogP contribution in [0.15, 0.2) is 11.8 Å². The molecule has 3 rings (SSSR count). The molecule has 0 bridgehead atoms. The Morgan fingerprint density at radius 3 is 2.57 bits per heavy atom. The van der Waals surface area contributed by atoms with E-state index in [4.69, 9.17) is 12.2 Å². The first-order valence-electron chi connectivity index (χ1n) is 7.48. The van der Waals surface area contributed by atoms with Crippen molar-refractivity contribution in [3.63, 3.8) is 0 Å². The highest BCUT2D eigenvalue weighted by atomic mass is 32.1. The zero-order chi connectivity index (χ0) is 15.1.